The van der Waals surface area contributed by atoms with Crippen molar-refractivity contribution in [2.24, 2.45) is 4.40 Å². The summed E-state index contributed by atoms with van der Waals surface area (Å²) in [6.45, 7) is -0.187. The monoisotopic (exact) mass is 235 g/mol. The number of allylic oxidation sites excluding steroid dienone is 1. The number of ether oxygens (including phenoxy) is 1. The van der Waals surface area contributed by atoms with E-state index in [1.54, 1.807) is 0 Å². The summed E-state index contributed by atoms with van der Waals surface area (Å²) in [5.74, 6) is -0.938. The van der Waals surface area contributed by atoms with Crippen molar-refractivity contribution in [3.8, 4) is 0 Å². The second kappa shape index (κ2) is 3.36. The van der Waals surface area contributed by atoms with Crippen LogP contribution < -0.4 is 0 Å². The summed E-state index contributed by atoms with van der Waals surface area (Å²) in [5, 5.41) is 0.192. The SMILES string of the molecule is O=C1COC(=O)/C1=C1/SSN=C1Cl. The van der Waals surface area contributed by atoms with E-state index in [0.717, 1.165) is 11.0 Å². The highest BCUT2D eigenvalue weighted by Crippen LogP contribution is 2.43. The number of carbonyl (C=O) groups excluding carboxylic acids is 2. The minimum Gasteiger partial charge on any atom is -0.454 e. The summed E-state index contributed by atoms with van der Waals surface area (Å²) >= 11 is 5.68. The predicted molar refractivity (Wildman–Crippen MR) is 51.5 cm³/mol. The van der Waals surface area contributed by atoms with Crippen molar-refractivity contribution >= 4 is 50.3 Å². The molecule has 0 atom stereocenters. The van der Waals surface area contributed by atoms with Crippen molar-refractivity contribution in [3.63, 3.8) is 0 Å². The first kappa shape index (κ1) is 9.11. The molecule has 0 amide bonds. The standard InChI is InChI=1S/C6H2ClNO3S2/c7-5-4(12-13-8-5)3-2(9)1-11-6(3)10/h1H2/b4-3+. The average molecular weight is 236 g/mol. The fourth-order valence-corrected chi connectivity index (χ4v) is 3.26. The third-order valence-electron chi connectivity index (χ3n) is 1.47. The molecule has 2 rings (SSSR count). The zero-order valence-electron chi connectivity index (χ0n) is 6.07. The molecule has 0 aromatic rings. The lowest BCUT2D eigenvalue weighted by molar-refractivity contribution is -0.135. The van der Waals surface area contributed by atoms with Gasteiger partial charge in [-0.15, -0.1) is 0 Å². The molecule has 4 nitrogen and oxygen atoms in total. The molecule has 2 heterocycles. The maximum Gasteiger partial charge on any atom is 0.343 e. The summed E-state index contributed by atoms with van der Waals surface area (Å²) in [6, 6.07) is 0. The van der Waals surface area contributed by atoms with Crippen LogP contribution in [0.1, 0.15) is 0 Å². The van der Waals surface area contributed by atoms with E-state index in [-0.39, 0.29) is 23.1 Å². The molecule has 0 N–H and O–H groups in total. The van der Waals surface area contributed by atoms with Crippen molar-refractivity contribution < 1.29 is 14.3 Å². The number of cyclic esters (lactones) is 1. The lowest BCUT2D eigenvalue weighted by atomic mass is 10.2. The van der Waals surface area contributed by atoms with Crippen LogP contribution in [0.4, 0.5) is 0 Å². The van der Waals surface area contributed by atoms with Gasteiger partial charge in [0.1, 0.15) is 5.57 Å². The first-order valence-corrected chi connectivity index (χ1v) is 5.71. The number of carbonyl (C=O) groups is 2. The second-order valence-electron chi connectivity index (χ2n) is 2.24. The summed E-state index contributed by atoms with van der Waals surface area (Å²) in [5.41, 5.74) is 0.0313. The second-order valence-corrected chi connectivity index (χ2v) is 4.46. The highest BCUT2D eigenvalue weighted by Gasteiger charge is 2.35. The molecular formula is C6H2ClNO3S2. The van der Waals surface area contributed by atoms with Crippen molar-refractivity contribution in [3.05, 3.63) is 10.5 Å². The predicted octanol–water partition coefficient (Wildman–Crippen LogP) is 1.31. The molecule has 0 radical (unpaired) electrons. The fourth-order valence-electron chi connectivity index (χ4n) is 0.918. The van der Waals surface area contributed by atoms with E-state index in [0.29, 0.717) is 4.91 Å². The maximum absolute atomic E-state index is 11.2. The molecule has 1 fully saturated rings. The van der Waals surface area contributed by atoms with E-state index in [9.17, 15) is 9.59 Å². The first-order chi connectivity index (χ1) is 6.20. The van der Waals surface area contributed by atoms with Crippen LogP contribution in [0, 0.1) is 0 Å². The Morgan fingerprint density at radius 2 is 2.23 bits per heavy atom. The van der Waals surface area contributed by atoms with Crippen molar-refractivity contribution in [1.82, 2.24) is 0 Å². The van der Waals surface area contributed by atoms with Crippen LogP contribution in [0.15, 0.2) is 14.9 Å². The molecule has 0 aromatic carbocycles. The number of Topliss-reactive ketones (excluding diaryl/α,β-unsaturated/α-hetero) is 1. The molecule has 0 aliphatic carbocycles. The van der Waals surface area contributed by atoms with Crippen LogP contribution in [-0.4, -0.2) is 23.5 Å². The Hall–Kier alpha value is -0.460. The van der Waals surface area contributed by atoms with Gasteiger partial charge in [-0.2, -0.15) is 4.40 Å². The van der Waals surface area contributed by atoms with Crippen molar-refractivity contribution in [1.29, 1.82) is 0 Å². The van der Waals surface area contributed by atoms with Gasteiger partial charge >= 0.3 is 5.97 Å². The molecule has 0 aromatic heterocycles. The van der Waals surface area contributed by atoms with E-state index in [1.165, 1.54) is 10.8 Å². The molecule has 7 heteroatoms. The van der Waals surface area contributed by atoms with E-state index in [1.807, 2.05) is 0 Å². The molecular weight excluding hydrogens is 234 g/mol. The normalized spacial score (nSPS) is 27.9. The van der Waals surface area contributed by atoms with Crippen LogP contribution in [0.3, 0.4) is 0 Å². The molecule has 0 spiro atoms. The topological polar surface area (TPSA) is 55.7 Å². The number of hydrogen-bond donors (Lipinski definition) is 0. The van der Waals surface area contributed by atoms with E-state index in [2.05, 4.69) is 9.13 Å². The fraction of sp³-hybridized carbons (Fsp3) is 0.167. The quantitative estimate of drug-likeness (QED) is 0.208. The summed E-state index contributed by atoms with van der Waals surface area (Å²) in [4.78, 5) is 22.7. The van der Waals surface area contributed by atoms with Gasteiger partial charge in [-0.3, -0.25) is 4.79 Å². The Kier molecular flexibility index (Phi) is 2.35. The zero-order chi connectivity index (χ0) is 9.42. The number of ketones is 1. The number of rotatable bonds is 0. The Balaban J connectivity index is 2.47. The van der Waals surface area contributed by atoms with Gasteiger partial charge in [-0.05, 0) is 10.8 Å². The van der Waals surface area contributed by atoms with Gasteiger partial charge in [0.05, 0.1) is 15.9 Å². The van der Waals surface area contributed by atoms with Gasteiger partial charge in [0, 0.05) is 0 Å². The smallest absolute Gasteiger partial charge is 0.343 e. The largest absolute Gasteiger partial charge is 0.454 e. The van der Waals surface area contributed by atoms with Gasteiger partial charge in [0.25, 0.3) is 0 Å². The summed E-state index contributed by atoms with van der Waals surface area (Å²) < 4.78 is 8.33. The highest BCUT2D eigenvalue weighted by molar-refractivity contribution is 8.78. The number of esters is 1. The van der Waals surface area contributed by atoms with E-state index < -0.39 is 5.97 Å². The molecule has 0 unspecified atom stereocenters. The Bertz CT molecular complexity index is 345. The number of halogens is 1. The Morgan fingerprint density at radius 1 is 1.46 bits per heavy atom. The van der Waals surface area contributed by atoms with Gasteiger partial charge in [0.2, 0.25) is 5.78 Å². The molecule has 68 valence electrons. The Morgan fingerprint density at radius 3 is 2.69 bits per heavy atom. The minimum atomic E-state index is -0.608. The molecule has 0 saturated carbocycles. The van der Waals surface area contributed by atoms with Gasteiger partial charge in [0.15, 0.2) is 11.8 Å². The van der Waals surface area contributed by atoms with Crippen molar-refractivity contribution in [2.45, 2.75) is 0 Å². The molecule has 1 saturated heterocycles. The number of hydrogen-bond acceptors (Lipinski definition) is 6. The third kappa shape index (κ3) is 1.49. The van der Waals surface area contributed by atoms with Crippen LogP contribution >= 0.6 is 33.4 Å². The summed E-state index contributed by atoms with van der Waals surface area (Å²) in [7, 11) is 2.33. The van der Waals surface area contributed by atoms with Gasteiger partial charge in [-0.25, -0.2) is 4.79 Å². The lowest BCUT2D eigenvalue weighted by Gasteiger charge is -1.94. The van der Waals surface area contributed by atoms with Crippen molar-refractivity contribution in [2.75, 3.05) is 6.61 Å². The molecule has 0 bridgehead atoms. The van der Waals surface area contributed by atoms with Crippen LogP contribution in [0.5, 0.6) is 0 Å². The average Bonchev–Trinajstić information content (AvgIpc) is 2.60. The third-order valence-corrected chi connectivity index (χ3v) is 3.80. The van der Waals surface area contributed by atoms with Crippen LogP contribution in [0.25, 0.3) is 0 Å². The maximum atomic E-state index is 11.2. The van der Waals surface area contributed by atoms with Crippen LogP contribution in [0.2, 0.25) is 0 Å². The van der Waals surface area contributed by atoms with E-state index in [4.69, 9.17) is 11.6 Å². The van der Waals surface area contributed by atoms with Crippen LogP contribution in [-0.2, 0) is 14.3 Å². The zero-order valence-corrected chi connectivity index (χ0v) is 8.46. The van der Waals surface area contributed by atoms with Gasteiger partial charge < -0.3 is 4.74 Å². The molecule has 2 aliphatic heterocycles. The lowest BCUT2D eigenvalue weighted by Crippen LogP contribution is -2.05. The number of nitrogens with zero attached hydrogens (tertiary/aromatic N) is 1. The highest BCUT2D eigenvalue weighted by atomic mass is 35.5. The van der Waals surface area contributed by atoms with Gasteiger partial charge in [-0.1, -0.05) is 11.6 Å². The van der Waals surface area contributed by atoms with E-state index >= 15 is 0 Å². The first-order valence-electron chi connectivity index (χ1n) is 3.22. The minimum absolute atomic E-state index is 0.0313. The summed E-state index contributed by atoms with van der Waals surface area (Å²) in [6.07, 6.45) is 0. The molecule has 2 aliphatic rings. The molecule has 13 heavy (non-hydrogen) atoms. The Labute approximate surface area is 86.3 Å².